The van der Waals surface area contributed by atoms with Crippen molar-refractivity contribution in [3.05, 3.63) is 60.2 Å². The smallest absolute Gasteiger partial charge is 0.238 e. The molecule has 2 aromatic rings. The van der Waals surface area contributed by atoms with E-state index in [-0.39, 0.29) is 37.0 Å². The Morgan fingerprint density at radius 3 is 2.40 bits per heavy atom. The van der Waals surface area contributed by atoms with Gasteiger partial charge in [0.2, 0.25) is 11.8 Å². The average Bonchev–Trinajstić information content (AvgIpc) is 3.22. The second-order valence-corrected chi connectivity index (χ2v) is 8.35. The predicted octanol–water partition coefficient (Wildman–Crippen LogP) is 1.98. The number of benzene rings is 2. The van der Waals surface area contributed by atoms with Gasteiger partial charge in [0.15, 0.2) is 5.79 Å². The van der Waals surface area contributed by atoms with Gasteiger partial charge in [-0.1, -0.05) is 36.4 Å². The molecule has 30 heavy (non-hydrogen) atoms. The maximum atomic E-state index is 13.4. The van der Waals surface area contributed by atoms with Crippen molar-refractivity contribution in [1.82, 2.24) is 0 Å². The number of amides is 2. The van der Waals surface area contributed by atoms with Gasteiger partial charge in [-0.05, 0) is 31.0 Å². The number of imide groups is 1. The third-order valence-corrected chi connectivity index (χ3v) is 6.88. The Kier molecular flexibility index (Phi) is 4.43. The summed E-state index contributed by atoms with van der Waals surface area (Å²) in [5.41, 5.74) is 1.02. The number of fused-ring (bicyclic) bond motifs is 3. The average molecular weight is 409 g/mol. The van der Waals surface area contributed by atoms with Crippen molar-refractivity contribution in [2.24, 2.45) is 23.7 Å². The minimum atomic E-state index is -1.74. The fraction of sp³-hybridized carbons (Fsp3) is 0.391. The molecule has 1 aliphatic carbocycles. The molecule has 5 rings (SSSR count). The largest absolute Gasteiger partial charge is 0.508 e. The van der Waals surface area contributed by atoms with Gasteiger partial charge < -0.3 is 20.1 Å². The van der Waals surface area contributed by atoms with E-state index >= 15 is 0 Å². The number of phenolic OH excluding ortho intramolecular Hbond substituents is 1. The highest BCUT2D eigenvalue weighted by Gasteiger charge is 2.66. The van der Waals surface area contributed by atoms with E-state index in [1.807, 2.05) is 6.07 Å². The molecule has 2 aromatic carbocycles. The first-order valence-corrected chi connectivity index (χ1v) is 10.2. The first-order valence-electron chi connectivity index (χ1n) is 10.2. The Hall–Kier alpha value is -2.74. The highest BCUT2D eigenvalue weighted by Crippen LogP contribution is 2.58. The number of aliphatic hydroxyl groups is 2. The monoisotopic (exact) mass is 409 g/mol. The fourth-order valence-corrected chi connectivity index (χ4v) is 5.48. The lowest BCUT2D eigenvalue weighted by Gasteiger charge is -2.44. The molecule has 6 atom stereocenters. The summed E-state index contributed by atoms with van der Waals surface area (Å²) in [6.45, 7) is -0.365. The molecule has 156 valence electrons. The number of rotatable bonds is 3. The second-order valence-electron chi connectivity index (χ2n) is 8.35. The van der Waals surface area contributed by atoms with Crippen molar-refractivity contribution >= 4 is 17.5 Å². The minimum Gasteiger partial charge on any atom is -0.508 e. The number of hydrogen-bond acceptors (Lipinski definition) is 6. The third-order valence-electron chi connectivity index (χ3n) is 6.88. The molecule has 1 saturated carbocycles. The zero-order valence-corrected chi connectivity index (χ0v) is 16.2. The van der Waals surface area contributed by atoms with Crippen LogP contribution in [0.5, 0.6) is 5.75 Å². The number of carbonyl (C=O) groups excluding carboxylic acids is 2. The number of aromatic hydroxyl groups is 1. The number of carbonyl (C=O) groups is 2. The summed E-state index contributed by atoms with van der Waals surface area (Å²) in [4.78, 5) is 27.7. The minimum absolute atomic E-state index is 0.0431. The Bertz CT molecular complexity index is 994. The summed E-state index contributed by atoms with van der Waals surface area (Å²) >= 11 is 0. The highest BCUT2D eigenvalue weighted by atomic mass is 16.6. The third kappa shape index (κ3) is 2.62. The number of nitrogens with zero attached hydrogens (tertiary/aromatic N) is 1. The van der Waals surface area contributed by atoms with Gasteiger partial charge in [0, 0.05) is 17.4 Å². The summed E-state index contributed by atoms with van der Waals surface area (Å²) in [7, 11) is 0. The van der Waals surface area contributed by atoms with Crippen LogP contribution in [0.25, 0.3) is 0 Å². The SMILES string of the molecule is O=C1[C@H]2[C@H](C[C@H](CO)[C@@]3(O)O[C@H](c4ccccc4O)C[C@@H]23)C(=O)N1c1ccccc1. The molecule has 2 saturated heterocycles. The van der Waals surface area contributed by atoms with E-state index in [9.17, 15) is 24.9 Å². The molecule has 3 fully saturated rings. The maximum absolute atomic E-state index is 13.4. The molecule has 0 unspecified atom stereocenters. The van der Waals surface area contributed by atoms with Crippen molar-refractivity contribution in [1.29, 1.82) is 0 Å². The van der Waals surface area contributed by atoms with E-state index in [1.165, 1.54) is 4.90 Å². The molecule has 3 aliphatic rings. The lowest BCUT2D eigenvalue weighted by Crippen LogP contribution is -2.54. The molecule has 7 nitrogen and oxygen atoms in total. The first kappa shape index (κ1) is 19.2. The Labute approximate surface area is 173 Å². The van der Waals surface area contributed by atoms with E-state index in [0.29, 0.717) is 11.3 Å². The number of hydrogen-bond donors (Lipinski definition) is 3. The molecule has 2 aliphatic heterocycles. The lowest BCUT2D eigenvalue weighted by molar-refractivity contribution is -0.274. The van der Waals surface area contributed by atoms with Crippen LogP contribution in [-0.4, -0.2) is 39.5 Å². The van der Waals surface area contributed by atoms with Crippen molar-refractivity contribution in [3.63, 3.8) is 0 Å². The summed E-state index contributed by atoms with van der Waals surface area (Å²) in [6, 6.07) is 15.5. The summed E-state index contributed by atoms with van der Waals surface area (Å²) < 4.78 is 6.01. The van der Waals surface area contributed by atoms with Gasteiger partial charge in [0.25, 0.3) is 0 Å². The van der Waals surface area contributed by atoms with Crippen LogP contribution in [0.2, 0.25) is 0 Å². The number of para-hydroxylation sites is 2. The molecule has 2 heterocycles. The van der Waals surface area contributed by atoms with Crippen LogP contribution in [0.15, 0.2) is 54.6 Å². The Balaban J connectivity index is 1.54. The predicted molar refractivity (Wildman–Crippen MR) is 106 cm³/mol. The maximum Gasteiger partial charge on any atom is 0.238 e. The van der Waals surface area contributed by atoms with E-state index in [4.69, 9.17) is 4.74 Å². The molecule has 3 N–H and O–H groups in total. The van der Waals surface area contributed by atoms with Crippen LogP contribution in [-0.2, 0) is 14.3 Å². The van der Waals surface area contributed by atoms with Crippen molar-refractivity contribution < 1.29 is 29.6 Å². The molecular weight excluding hydrogens is 386 g/mol. The van der Waals surface area contributed by atoms with Crippen molar-refractivity contribution in [2.45, 2.75) is 24.7 Å². The van der Waals surface area contributed by atoms with E-state index in [1.54, 1.807) is 48.5 Å². The zero-order valence-electron chi connectivity index (χ0n) is 16.2. The van der Waals surface area contributed by atoms with Gasteiger partial charge in [0.1, 0.15) is 5.75 Å². The van der Waals surface area contributed by atoms with Gasteiger partial charge in [-0.3, -0.25) is 14.5 Å². The van der Waals surface area contributed by atoms with E-state index in [2.05, 4.69) is 0 Å². The molecule has 0 aromatic heterocycles. The van der Waals surface area contributed by atoms with Crippen LogP contribution >= 0.6 is 0 Å². The summed E-state index contributed by atoms with van der Waals surface area (Å²) in [6.07, 6.45) is -0.203. The number of anilines is 1. The van der Waals surface area contributed by atoms with Crippen LogP contribution < -0.4 is 4.90 Å². The van der Waals surface area contributed by atoms with Gasteiger partial charge in [-0.2, -0.15) is 0 Å². The first-order chi connectivity index (χ1) is 14.5. The van der Waals surface area contributed by atoms with Gasteiger partial charge in [-0.25, -0.2) is 0 Å². The summed E-state index contributed by atoms with van der Waals surface area (Å²) in [5, 5.41) is 31.7. The van der Waals surface area contributed by atoms with Crippen LogP contribution in [0.3, 0.4) is 0 Å². The quantitative estimate of drug-likeness (QED) is 0.669. The Morgan fingerprint density at radius 1 is 1.00 bits per heavy atom. The highest BCUT2D eigenvalue weighted by molar-refractivity contribution is 6.22. The molecule has 2 amide bonds. The number of phenols is 1. The number of ether oxygens (including phenoxy) is 1. The van der Waals surface area contributed by atoms with E-state index in [0.717, 1.165) is 0 Å². The second kappa shape index (κ2) is 6.91. The van der Waals surface area contributed by atoms with Gasteiger partial charge in [0.05, 0.1) is 30.2 Å². The number of aliphatic hydroxyl groups excluding tert-OH is 1. The fourth-order valence-electron chi connectivity index (χ4n) is 5.48. The topological polar surface area (TPSA) is 107 Å². The van der Waals surface area contributed by atoms with Gasteiger partial charge in [-0.15, -0.1) is 0 Å². The molecule has 7 heteroatoms. The van der Waals surface area contributed by atoms with Gasteiger partial charge >= 0.3 is 0 Å². The standard InChI is InChI=1S/C23H23NO6/c25-12-13-10-16-20(22(28)24(21(16)27)14-6-2-1-3-7-14)17-11-19(30-23(13,17)29)15-8-4-5-9-18(15)26/h1-9,13,16-17,19-20,25-26,29H,10-12H2/t13-,16+,17+,19+,20+,23-/m1/s1. The van der Waals surface area contributed by atoms with Crippen LogP contribution in [0, 0.1) is 23.7 Å². The molecule has 0 bridgehead atoms. The normalized spacial score (nSPS) is 35.4. The lowest BCUT2D eigenvalue weighted by atomic mass is 9.64. The molecular formula is C23H23NO6. The van der Waals surface area contributed by atoms with E-state index < -0.39 is 35.6 Å². The Morgan fingerprint density at radius 2 is 1.70 bits per heavy atom. The summed E-state index contributed by atoms with van der Waals surface area (Å²) in [5.74, 6) is -5.07. The molecule has 0 radical (unpaired) electrons. The zero-order chi connectivity index (χ0) is 21.0. The van der Waals surface area contributed by atoms with Crippen LogP contribution in [0.4, 0.5) is 5.69 Å². The van der Waals surface area contributed by atoms with Crippen molar-refractivity contribution in [3.8, 4) is 5.75 Å². The molecule has 0 spiro atoms. The van der Waals surface area contributed by atoms with Crippen LogP contribution in [0.1, 0.15) is 24.5 Å². The van der Waals surface area contributed by atoms with Crippen molar-refractivity contribution in [2.75, 3.05) is 11.5 Å².